The first-order chi connectivity index (χ1) is 5.31. The molecule has 0 fully saturated rings. The van der Waals surface area contributed by atoms with Gasteiger partial charge in [-0.1, -0.05) is 19.2 Å². The maximum absolute atomic E-state index is 5.34. The van der Waals surface area contributed by atoms with Gasteiger partial charge in [-0.3, -0.25) is 0 Å². The lowest BCUT2D eigenvalue weighted by Crippen LogP contribution is -1.66. The zero-order valence-corrected chi connectivity index (χ0v) is 7.10. The molecule has 0 radical (unpaired) electrons. The van der Waals surface area contributed by atoms with Gasteiger partial charge < -0.3 is 4.42 Å². The predicted molar refractivity (Wildman–Crippen MR) is 51.6 cm³/mol. The minimum absolute atomic E-state index is 0.606. The van der Waals surface area contributed by atoms with E-state index in [-0.39, 0.29) is 0 Å². The first-order valence-electron chi connectivity index (χ1n) is 3.30. The minimum atomic E-state index is 0.606. The third-order valence-electron chi connectivity index (χ3n) is 1.40. The van der Waals surface area contributed by atoms with Crippen LogP contribution in [0.5, 0.6) is 0 Å². The van der Waals surface area contributed by atoms with Crippen LogP contribution in [0, 0.1) is 0 Å². The van der Waals surface area contributed by atoms with Crippen LogP contribution in [0.4, 0.5) is 0 Å². The Bertz CT molecular complexity index is 248. The summed E-state index contributed by atoms with van der Waals surface area (Å²) in [7, 11) is 0. The monoisotopic (exact) mass is 166 g/mol. The lowest BCUT2D eigenvalue weighted by Gasteiger charge is -1.85. The van der Waals surface area contributed by atoms with Crippen LogP contribution in [0.2, 0.25) is 0 Å². The predicted octanol–water partition coefficient (Wildman–Crippen LogP) is 3.00. The highest BCUT2D eigenvalue weighted by molar-refractivity contribution is 7.79. The number of furan rings is 1. The van der Waals surface area contributed by atoms with Crippen LogP contribution in [0.25, 0.3) is 12.2 Å². The molecule has 0 N–H and O–H groups in total. The Balaban J connectivity index is 3.11. The van der Waals surface area contributed by atoms with Crippen molar-refractivity contribution < 1.29 is 4.42 Å². The Morgan fingerprint density at radius 1 is 1.45 bits per heavy atom. The molecule has 1 rings (SSSR count). The van der Waals surface area contributed by atoms with Crippen LogP contribution < -0.4 is 0 Å². The minimum Gasteiger partial charge on any atom is -0.460 e. The van der Waals surface area contributed by atoms with Crippen molar-refractivity contribution in [1.29, 1.82) is 0 Å². The Hall–Kier alpha value is -0.890. The molecule has 0 saturated carbocycles. The van der Waals surface area contributed by atoms with Gasteiger partial charge in [-0.05, 0) is 12.1 Å². The smallest absolute Gasteiger partial charge is 0.133 e. The second-order valence-corrected chi connectivity index (χ2v) is 2.41. The molecule has 1 aromatic heterocycles. The summed E-state index contributed by atoms with van der Waals surface area (Å²) < 4.78 is 5.34. The number of hydrogen-bond donors (Lipinski definition) is 1. The van der Waals surface area contributed by atoms with Crippen LogP contribution in [0.1, 0.15) is 17.1 Å². The molecule has 11 heavy (non-hydrogen) atoms. The topological polar surface area (TPSA) is 13.1 Å². The highest BCUT2D eigenvalue weighted by atomic mass is 32.1. The Labute approximate surface area is 71.8 Å². The summed E-state index contributed by atoms with van der Waals surface area (Å²) in [6.07, 6.45) is 3.41. The first-order valence-corrected chi connectivity index (χ1v) is 3.93. The molecule has 1 nitrogen and oxygen atoms in total. The van der Waals surface area contributed by atoms with Crippen molar-refractivity contribution in [3.05, 3.63) is 36.3 Å². The van der Waals surface area contributed by atoms with E-state index in [1.54, 1.807) is 12.2 Å². The number of hydrogen-bond acceptors (Lipinski definition) is 2. The molecular weight excluding hydrogens is 156 g/mol. The van der Waals surface area contributed by atoms with E-state index in [1.807, 2.05) is 6.07 Å². The van der Waals surface area contributed by atoms with Crippen molar-refractivity contribution in [2.24, 2.45) is 0 Å². The van der Waals surface area contributed by atoms with Crippen molar-refractivity contribution in [3.63, 3.8) is 0 Å². The first kappa shape index (κ1) is 8.21. The van der Waals surface area contributed by atoms with E-state index in [4.69, 9.17) is 4.42 Å². The van der Waals surface area contributed by atoms with Gasteiger partial charge in [0, 0.05) is 11.3 Å². The van der Waals surface area contributed by atoms with E-state index in [0.717, 1.165) is 17.1 Å². The third-order valence-corrected chi connectivity index (χ3v) is 1.71. The lowest BCUT2D eigenvalue weighted by molar-refractivity contribution is 0.521. The molecule has 0 atom stereocenters. The van der Waals surface area contributed by atoms with E-state index in [9.17, 15) is 0 Å². The van der Waals surface area contributed by atoms with Gasteiger partial charge in [0.25, 0.3) is 0 Å². The van der Waals surface area contributed by atoms with E-state index in [0.29, 0.717) is 5.75 Å². The van der Waals surface area contributed by atoms with Crippen LogP contribution in [-0.2, 0) is 5.75 Å². The summed E-state index contributed by atoms with van der Waals surface area (Å²) in [5.41, 5.74) is 0.976. The third kappa shape index (κ3) is 1.57. The average Bonchev–Trinajstić information content (AvgIpc) is 2.46. The van der Waals surface area contributed by atoms with E-state index in [1.165, 1.54) is 0 Å². The van der Waals surface area contributed by atoms with Crippen LogP contribution >= 0.6 is 12.6 Å². The molecule has 0 unspecified atom stereocenters. The summed E-state index contributed by atoms with van der Waals surface area (Å²) in [4.78, 5) is 0. The zero-order valence-electron chi connectivity index (χ0n) is 6.21. The molecule has 0 aromatic carbocycles. The van der Waals surface area contributed by atoms with Gasteiger partial charge in [0.05, 0.1) is 0 Å². The highest BCUT2D eigenvalue weighted by Crippen LogP contribution is 2.18. The second-order valence-electron chi connectivity index (χ2n) is 2.10. The van der Waals surface area contributed by atoms with Crippen molar-refractivity contribution in [1.82, 2.24) is 0 Å². The fourth-order valence-electron chi connectivity index (χ4n) is 0.871. The molecule has 0 aliphatic carbocycles. The molecule has 0 amide bonds. The summed E-state index contributed by atoms with van der Waals surface area (Å²) in [6.45, 7) is 7.28. The maximum Gasteiger partial charge on any atom is 0.133 e. The SMILES string of the molecule is C=Cc1cc(CS)oc1C=C. The fraction of sp³-hybridized carbons (Fsp3) is 0.111. The Morgan fingerprint density at radius 2 is 2.18 bits per heavy atom. The second kappa shape index (κ2) is 3.49. The standard InChI is InChI=1S/C9H10OS/c1-3-7-5-8(6-11)10-9(7)4-2/h3-5,11H,1-2,6H2. The van der Waals surface area contributed by atoms with E-state index < -0.39 is 0 Å². The molecule has 1 aromatic rings. The summed E-state index contributed by atoms with van der Waals surface area (Å²) in [6, 6.07) is 1.91. The molecule has 1 heterocycles. The van der Waals surface area contributed by atoms with Gasteiger partial charge in [-0.25, -0.2) is 0 Å². The van der Waals surface area contributed by atoms with Gasteiger partial charge in [-0.2, -0.15) is 12.6 Å². The molecule has 0 saturated heterocycles. The summed E-state index contributed by atoms with van der Waals surface area (Å²) in [5.74, 6) is 2.22. The molecule has 0 bridgehead atoms. The Morgan fingerprint density at radius 3 is 2.55 bits per heavy atom. The molecule has 58 valence electrons. The number of rotatable bonds is 3. The largest absolute Gasteiger partial charge is 0.460 e. The van der Waals surface area contributed by atoms with Gasteiger partial charge in [0.1, 0.15) is 11.5 Å². The van der Waals surface area contributed by atoms with Crippen molar-refractivity contribution in [2.75, 3.05) is 0 Å². The highest BCUT2D eigenvalue weighted by Gasteiger charge is 2.02. The van der Waals surface area contributed by atoms with Crippen molar-refractivity contribution in [3.8, 4) is 0 Å². The summed E-state index contributed by atoms with van der Waals surface area (Å²) in [5, 5.41) is 0. The van der Waals surface area contributed by atoms with Crippen molar-refractivity contribution in [2.45, 2.75) is 5.75 Å². The average molecular weight is 166 g/mol. The van der Waals surface area contributed by atoms with E-state index in [2.05, 4.69) is 25.8 Å². The maximum atomic E-state index is 5.34. The quantitative estimate of drug-likeness (QED) is 0.681. The lowest BCUT2D eigenvalue weighted by atomic mass is 10.2. The van der Waals surface area contributed by atoms with Gasteiger partial charge in [-0.15, -0.1) is 0 Å². The summed E-state index contributed by atoms with van der Waals surface area (Å²) >= 11 is 4.09. The zero-order chi connectivity index (χ0) is 8.27. The molecule has 0 spiro atoms. The normalized spacial score (nSPS) is 9.55. The molecule has 0 aliphatic rings. The molecule has 0 aliphatic heterocycles. The van der Waals surface area contributed by atoms with Crippen LogP contribution in [0.3, 0.4) is 0 Å². The van der Waals surface area contributed by atoms with Crippen molar-refractivity contribution >= 4 is 24.8 Å². The van der Waals surface area contributed by atoms with Gasteiger partial charge in [0.15, 0.2) is 0 Å². The van der Waals surface area contributed by atoms with Crippen LogP contribution in [-0.4, -0.2) is 0 Å². The van der Waals surface area contributed by atoms with E-state index >= 15 is 0 Å². The van der Waals surface area contributed by atoms with Gasteiger partial charge >= 0.3 is 0 Å². The molecule has 2 heteroatoms. The van der Waals surface area contributed by atoms with Gasteiger partial charge in [0.2, 0.25) is 0 Å². The fourth-order valence-corrected chi connectivity index (χ4v) is 1.03. The van der Waals surface area contributed by atoms with Crippen LogP contribution in [0.15, 0.2) is 23.6 Å². The Kier molecular flexibility index (Phi) is 2.60. The molecular formula is C9H10OS. The number of thiol groups is 1.